The number of carbonyl (C=O) groups excluding carboxylic acids is 1. The Bertz CT molecular complexity index is 845. The molecule has 32 heavy (non-hydrogen) atoms. The fraction of sp³-hybridized carbons (Fsp3) is 0.440. The number of aliphatic carboxylic acids is 1. The highest BCUT2D eigenvalue weighted by atomic mass is 19.2. The third kappa shape index (κ3) is 8.21. The van der Waals surface area contributed by atoms with E-state index in [4.69, 9.17) is 9.47 Å². The van der Waals surface area contributed by atoms with Gasteiger partial charge in [-0.15, -0.1) is 0 Å². The van der Waals surface area contributed by atoms with E-state index in [0.717, 1.165) is 12.8 Å². The van der Waals surface area contributed by atoms with Gasteiger partial charge in [0, 0.05) is 11.8 Å². The van der Waals surface area contributed by atoms with E-state index in [1.165, 1.54) is 62.8 Å². The Morgan fingerprint density at radius 2 is 1.53 bits per heavy atom. The van der Waals surface area contributed by atoms with Gasteiger partial charge >= 0.3 is 17.7 Å². The molecule has 0 aromatic heterocycles. The molecule has 0 aliphatic carbocycles. The second-order valence-corrected chi connectivity index (χ2v) is 7.62. The van der Waals surface area contributed by atoms with Gasteiger partial charge in [-0.2, -0.15) is 4.39 Å². The molecule has 7 heteroatoms. The number of hydrogen-bond acceptors (Lipinski definition) is 4. The Hall–Kier alpha value is -3.09. The first-order valence-corrected chi connectivity index (χ1v) is 11.2. The molecule has 174 valence electrons. The van der Waals surface area contributed by atoms with E-state index in [1.54, 1.807) is 30.3 Å². The lowest BCUT2D eigenvalue weighted by Gasteiger charge is -2.21. The number of halogens is 1. The van der Waals surface area contributed by atoms with E-state index in [9.17, 15) is 19.1 Å². The number of nitrogens with one attached hydrogen (secondary N) is 1. The van der Waals surface area contributed by atoms with Crippen molar-refractivity contribution in [1.29, 1.82) is 0 Å². The lowest BCUT2D eigenvalue weighted by Crippen LogP contribution is -2.50. The minimum atomic E-state index is -3.57. The monoisotopic (exact) mass is 445 g/mol. The summed E-state index contributed by atoms with van der Waals surface area (Å²) >= 11 is 0. The van der Waals surface area contributed by atoms with Gasteiger partial charge < -0.3 is 19.9 Å². The Balaban J connectivity index is 1.84. The molecule has 1 atom stereocenters. The van der Waals surface area contributed by atoms with Crippen molar-refractivity contribution < 1.29 is 28.6 Å². The number of ether oxygens (including phenoxy) is 2. The highest BCUT2D eigenvalue weighted by Crippen LogP contribution is 2.24. The number of para-hydroxylation sites is 1. The van der Waals surface area contributed by atoms with E-state index in [2.05, 4.69) is 12.2 Å². The second kappa shape index (κ2) is 13.3. The predicted molar refractivity (Wildman–Crippen MR) is 122 cm³/mol. The minimum Gasteiger partial charge on any atom is -0.494 e. The van der Waals surface area contributed by atoms with Gasteiger partial charge in [0.1, 0.15) is 11.5 Å². The van der Waals surface area contributed by atoms with E-state index < -0.39 is 17.7 Å². The molecule has 0 heterocycles. The zero-order chi connectivity index (χ0) is 23.2. The van der Waals surface area contributed by atoms with Gasteiger partial charge in [0.15, 0.2) is 0 Å². The first-order chi connectivity index (χ1) is 15.5. The first-order valence-electron chi connectivity index (χ1n) is 11.2. The van der Waals surface area contributed by atoms with E-state index in [-0.39, 0.29) is 11.4 Å². The van der Waals surface area contributed by atoms with Gasteiger partial charge in [-0.3, -0.25) is 4.79 Å². The zero-order valence-corrected chi connectivity index (χ0v) is 18.5. The fourth-order valence-electron chi connectivity index (χ4n) is 3.14. The Morgan fingerprint density at radius 3 is 2.19 bits per heavy atom. The molecule has 0 aliphatic rings. The van der Waals surface area contributed by atoms with Crippen LogP contribution in [0.1, 0.15) is 58.3 Å². The predicted octanol–water partition coefficient (Wildman–Crippen LogP) is 5.97. The number of alkyl halides is 1. The highest BCUT2D eigenvalue weighted by molar-refractivity contribution is 6.10. The van der Waals surface area contributed by atoms with Gasteiger partial charge in [0.2, 0.25) is 0 Å². The summed E-state index contributed by atoms with van der Waals surface area (Å²) in [4.78, 5) is 23.8. The molecule has 0 spiro atoms. The number of amides is 1. The SMILES string of the molecule is CCCCCCCCCCOc1cccc(NC(=O)C(F)(Oc2ccccc2)C(=O)O)c1. The molecule has 1 amide bonds. The minimum absolute atomic E-state index is 0.0741. The summed E-state index contributed by atoms with van der Waals surface area (Å²) in [6.07, 6.45) is 9.53. The maximum absolute atomic E-state index is 14.9. The molecule has 2 aromatic carbocycles. The van der Waals surface area contributed by atoms with E-state index in [0.29, 0.717) is 12.4 Å². The van der Waals surface area contributed by atoms with E-state index in [1.807, 2.05) is 0 Å². The molecule has 2 aromatic rings. The third-order valence-corrected chi connectivity index (χ3v) is 4.93. The van der Waals surface area contributed by atoms with Crippen molar-refractivity contribution >= 4 is 17.6 Å². The maximum Gasteiger partial charge on any atom is 0.425 e. The average molecular weight is 446 g/mol. The van der Waals surface area contributed by atoms with Crippen LogP contribution in [0.4, 0.5) is 10.1 Å². The molecule has 2 rings (SSSR count). The van der Waals surface area contributed by atoms with Crippen LogP contribution < -0.4 is 14.8 Å². The summed E-state index contributed by atoms with van der Waals surface area (Å²) < 4.78 is 25.5. The van der Waals surface area contributed by atoms with Crippen LogP contribution in [0.5, 0.6) is 11.5 Å². The molecule has 0 radical (unpaired) electrons. The second-order valence-electron chi connectivity index (χ2n) is 7.62. The van der Waals surface area contributed by atoms with Crippen LogP contribution in [0.2, 0.25) is 0 Å². The zero-order valence-electron chi connectivity index (χ0n) is 18.5. The lowest BCUT2D eigenvalue weighted by molar-refractivity contribution is -0.178. The Kier molecular flexibility index (Phi) is 10.5. The normalized spacial score (nSPS) is 12.6. The van der Waals surface area contributed by atoms with Crippen molar-refractivity contribution in [3.8, 4) is 11.5 Å². The van der Waals surface area contributed by atoms with Gasteiger partial charge in [-0.25, -0.2) is 4.79 Å². The lowest BCUT2D eigenvalue weighted by atomic mass is 10.1. The first kappa shape index (κ1) is 25.2. The number of carbonyl (C=O) groups is 2. The van der Waals surface area contributed by atoms with Crippen molar-refractivity contribution in [2.24, 2.45) is 0 Å². The number of benzene rings is 2. The highest BCUT2D eigenvalue weighted by Gasteiger charge is 2.50. The number of unbranched alkanes of at least 4 members (excludes halogenated alkanes) is 7. The van der Waals surface area contributed by atoms with Crippen LogP contribution in [0.25, 0.3) is 0 Å². The van der Waals surface area contributed by atoms with Crippen LogP contribution in [0.15, 0.2) is 54.6 Å². The number of anilines is 1. The quantitative estimate of drug-likeness (QED) is 0.260. The van der Waals surface area contributed by atoms with Crippen molar-refractivity contribution in [2.45, 2.75) is 64.1 Å². The van der Waals surface area contributed by atoms with Crippen LogP contribution in [0, 0.1) is 0 Å². The Morgan fingerprint density at radius 1 is 0.906 bits per heavy atom. The summed E-state index contributed by atoms with van der Waals surface area (Å²) in [5.74, 6) is -6.62. The van der Waals surface area contributed by atoms with Gasteiger partial charge in [0.25, 0.3) is 0 Å². The number of carboxylic acid groups (broad SMARTS) is 1. The van der Waals surface area contributed by atoms with Crippen LogP contribution in [-0.4, -0.2) is 29.4 Å². The summed E-state index contributed by atoms with van der Waals surface area (Å²) in [7, 11) is 0. The summed E-state index contributed by atoms with van der Waals surface area (Å²) in [6, 6.07) is 13.9. The van der Waals surface area contributed by atoms with Gasteiger partial charge in [0.05, 0.1) is 6.61 Å². The largest absolute Gasteiger partial charge is 0.494 e. The fourth-order valence-corrected chi connectivity index (χ4v) is 3.14. The third-order valence-electron chi connectivity index (χ3n) is 4.93. The number of carboxylic acids is 1. The molecule has 6 nitrogen and oxygen atoms in total. The standard InChI is InChI=1S/C25H32FNO5/c1-2-3-4-5-6-7-8-12-18-31-22-17-13-14-20(19-22)27-23(28)25(26,24(29)30)32-21-15-10-9-11-16-21/h9-11,13-17,19H,2-8,12,18H2,1H3,(H,27,28)(H,29,30). The molecule has 1 unspecified atom stereocenters. The molecular formula is C25H32FNO5. The molecular weight excluding hydrogens is 413 g/mol. The average Bonchev–Trinajstić information content (AvgIpc) is 2.78. The number of hydrogen-bond donors (Lipinski definition) is 2. The van der Waals surface area contributed by atoms with Crippen molar-refractivity contribution in [3.05, 3.63) is 54.6 Å². The van der Waals surface area contributed by atoms with E-state index >= 15 is 0 Å². The summed E-state index contributed by atoms with van der Waals surface area (Å²) in [6.45, 7) is 2.74. The molecule has 0 saturated carbocycles. The van der Waals surface area contributed by atoms with Crippen LogP contribution in [-0.2, 0) is 9.59 Å². The topological polar surface area (TPSA) is 84.9 Å². The molecule has 0 bridgehead atoms. The maximum atomic E-state index is 14.9. The molecule has 0 fully saturated rings. The van der Waals surface area contributed by atoms with Crippen molar-refractivity contribution in [3.63, 3.8) is 0 Å². The van der Waals surface area contributed by atoms with Crippen LogP contribution >= 0.6 is 0 Å². The van der Waals surface area contributed by atoms with Crippen LogP contribution in [0.3, 0.4) is 0 Å². The summed E-state index contributed by atoms with van der Waals surface area (Å²) in [5.41, 5.74) is 0.211. The molecule has 0 saturated heterocycles. The van der Waals surface area contributed by atoms with Crippen molar-refractivity contribution in [1.82, 2.24) is 0 Å². The van der Waals surface area contributed by atoms with Crippen molar-refractivity contribution in [2.75, 3.05) is 11.9 Å². The van der Waals surface area contributed by atoms with Gasteiger partial charge in [-0.05, 0) is 30.7 Å². The smallest absolute Gasteiger partial charge is 0.425 e. The summed E-state index contributed by atoms with van der Waals surface area (Å²) in [5, 5.41) is 11.5. The molecule has 0 aliphatic heterocycles. The number of rotatable bonds is 15. The van der Waals surface area contributed by atoms with Gasteiger partial charge in [-0.1, -0.05) is 76.1 Å². The Labute approximate surface area is 188 Å². The molecule has 2 N–H and O–H groups in total.